The summed E-state index contributed by atoms with van der Waals surface area (Å²) in [6.45, 7) is 3.11. The molecule has 1 aliphatic heterocycles. The van der Waals surface area contributed by atoms with Gasteiger partial charge in [0, 0.05) is 42.6 Å². The number of nitrogens with one attached hydrogen (secondary N) is 1. The highest BCUT2D eigenvalue weighted by Crippen LogP contribution is 2.25. The molecule has 0 saturated carbocycles. The average molecular weight is 459 g/mol. The van der Waals surface area contributed by atoms with Gasteiger partial charge in [0.1, 0.15) is 19.0 Å². The average Bonchev–Trinajstić information content (AvgIpc) is 2.79. The number of carbonyl (C=O) groups is 2. The number of oxime groups is 1. The molecule has 1 aliphatic rings. The van der Waals surface area contributed by atoms with Crippen LogP contribution in [0, 0.1) is 5.82 Å². The zero-order valence-electron chi connectivity index (χ0n) is 18.5. The summed E-state index contributed by atoms with van der Waals surface area (Å²) in [5.41, 5.74) is 1.90. The number of ether oxygens (including phenoxy) is 2. The lowest BCUT2D eigenvalue weighted by Gasteiger charge is -2.31. The number of anilines is 1. The molecule has 0 radical (unpaired) electrons. The molecule has 0 atom stereocenters. The van der Waals surface area contributed by atoms with Gasteiger partial charge in [0.15, 0.2) is 6.61 Å². The van der Waals surface area contributed by atoms with Crippen molar-refractivity contribution in [2.45, 2.75) is 26.4 Å². The fraction of sp³-hybridized carbons (Fsp3) is 0.409. The third-order valence-electron chi connectivity index (χ3n) is 4.71. The standard InChI is InChI=1S/C22H26FN5O5/c1-3-5-19(29)31-8-9-33-27-17-12-28(13-17)21-25-10-16(11-26-21)18-7-4-6-15(20(18)23)14-32-22(30)24-2/h4,6-7,10-11H,3,5,8-9,12-14H2,1-2H3,(H,24,30). The van der Waals surface area contributed by atoms with Crippen molar-refractivity contribution in [1.29, 1.82) is 0 Å². The first kappa shape index (κ1) is 23.9. The summed E-state index contributed by atoms with van der Waals surface area (Å²) in [6, 6.07) is 4.84. The van der Waals surface area contributed by atoms with E-state index in [4.69, 9.17) is 14.3 Å². The van der Waals surface area contributed by atoms with E-state index in [1.165, 1.54) is 7.05 Å². The van der Waals surface area contributed by atoms with Crippen molar-refractivity contribution in [1.82, 2.24) is 15.3 Å². The summed E-state index contributed by atoms with van der Waals surface area (Å²) >= 11 is 0. The van der Waals surface area contributed by atoms with Crippen molar-refractivity contribution >= 4 is 23.7 Å². The van der Waals surface area contributed by atoms with Gasteiger partial charge in [-0.2, -0.15) is 0 Å². The SMILES string of the molecule is CCCC(=O)OCCON=C1CN(c2ncc(-c3cccc(COC(=O)NC)c3F)cn2)C1. The van der Waals surface area contributed by atoms with Crippen molar-refractivity contribution in [3.8, 4) is 11.1 Å². The van der Waals surface area contributed by atoms with Crippen molar-refractivity contribution in [3.05, 3.63) is 42.0 Å². The van der Waals surface area contributed by atoms with Gasteiger partial charge in [0.2, 0.25) is 5.95 Å². The molecule has 0 bridgehead atoms. The number of alkyl carbamates (subject to hydrolysis) is 1. The molecule has 176 valence electrons. The summed E-state index contributed by atoms with van der Waals surface area (Å²) in [5, 5.41) is 6.32. The van der Waals surface area contributed by atoms with E-state index < -0.39 is 11.9 Å². The zero-order valence-corrected chi connectivity index (χ0v) is 18.5. The van der Waals surface area contributed by atoms with Gasteiger partial charge in [-0.3, -0.25) is 4.79 Å². The van der Waals surface area contributed by atoms with Gasteiger partial charge in [0.25, 0.3) is 0 Å². The van der Waals surface area contributed by atoms with Crippen LogP contribution in [-0.2, 0) is 25.7 Å². The van der Waals surface area contributed by atoms with E-state index >= 15 is 0 Å². The molecular formula is C22H26FN5O5. The van der Waals surface area contributed by atoms with E-state index in [0.717, 1.165) is 12.1 Å². The second-order valence-electron chi connectivity index (χ2n) is 7.19. The summed E-state index contributed by atoms with van der Waals surface area (Å²) in [7, 11) is 1.43. The van der Waals surface area contributed by atoms with E-state index in [-0.39, 0.29) is 31.4 Å². The fourth-order valence-corrected chi connectivity index (χ4v) is 2.95. The van der Waals surface area contributed by atoms with E-state index in [2.05, 4.69) is 20.4 Å². The van der Waals surface area contributed by atoms with Crippen LogP contribution in [-0.4, -0.2) is 61.1 Å². The third-order valence-corrected chi connectivity index (χ3v) is 4.71. The number of amides is 1. The monoisotopic (exact) mass is 459 g/mol. The summed E-state index contributed by atoms with van der Waals surface area (Å²) in [6.07, 6.45) is 3.59. The Balaban J connectivity index is 1.50. The number of benzene rings is 1. The molecule has 1 amide bonds. The number of halogens is 1. The minimum atomic E-state index is -0.634. The van der Waals surface area contributed by atoms with Gasteiger partial charge in [-0.05, 0) is 6.42 Å². The number of esters is 1. The Hall–Kier alpha value is -3.76. The highest BCUT2D eigenvalue weighted by Gasteiger charge is 2.25. The van der Waals surface area contributed by atoms with E-state index in [1.54, 1.807) is 30.6 Å². The highest BCUT2D eigenvalue weighted by atomic mass is 19.1. The zero-order chi connectivity index (χ0) is 23.6. The molecule has 33 heavy (non-hydrogen) atoms. The van der Waals surface area contributed by atoms with Crippen LogP contribution < -0.4 is 10.2 Å². The smallest absolute Gasteiger partial charge is 0.407 e. The van der Waals surface area contributed by atoms with E-state index in [1.807, 2.05) is 11.8 Å². The molecule has 2 aromatic rings. The molecular weight excluding hydrogens is 433 g/mol. The van der Waals surface area contributed by atoms with Crippen LogP contribution >= 0.6 is 0 Å². The fourth-order valence-electron chi connectivity index (χ4n) is 2.95. The van der Waals surface area contributed by atoms with Gasteiger partial charge >= 0.3 is 12.1 Å². The second kappa shape index (κ2) is 11.7. The molecule has 1 aromatic heterocycles. The topological polar surface area (TPSA) is 115 Å². The Morgan fingerprint density at radius 2 is 1.94 bits per heavy atom. The van der Waals surface area contributed by atoms with E-state index in [0.29, 0.717) is 36.6 Å². The molecule has 3 rings (SSSR count). The number of nitrogens with zero attached hydrogens (tertiary/aromatic N) is 4. The summed E-state index contributed by atoms with van der Waals surface area (Å²) in [5.74, 6) is -0.243. The molecule has 1 saturated heterocycles. The molecule has 2 heterocycles. The maximum Gasteiger partial charge on any atom is 0.407 e. The highest BCUT2D eigenvalue weighted by molar-refractivity contribution is 5.98. The minimum Gasteiger partial charge on any atom is -0.462 e. The molecule has 0 unspecified atom stereocenters. The van der Waals surface area contributed by atoms with Crippen molar-refractivity contribution < 1.29 is 28.3 Å². The van der Waals surface area contributed by atoms with Crippen molar-refractivity contribution in [2.24, 2.45) is 5.16 Å². The number of hydrogen-bond acceptors (Lipinski definition) is 9. The quantitative estimate of drug-likeness (QED) is 0.328. The second-order valence-corrected chi connectivity index (χ2v) is 7.19. The van der Waals surface area contributed by atoms with Gasteiger partial charge in [-0.15, -0.1) is 0 Å². The number of hydrogen-bond donors (Lipinski definition) is 1. The number of carbonyl (C=O) groups excluding carboxylic acids is 2. The molecule has 1 aromatic carbocycles. The molecule has 1 fully saturated rings. The summed E-state index contributed by atoms with van der Waals surface area (Å²) < 4.78 is 24.7. The minimum absolute atomic E-state index is 0.166. The third kappa shape index (κ3) is 6.61. The van der Waals surface area contributed by atoms with Crippen LogP contribution in [0.15, 0.2) is 35.7 Å². The Bertz CT molecular complexity index is 991. The molecule has 10 nitrogen and oxygen atoms in total. The maximum absolute atomic E-state index is 14.8. The summed E-state index contributed by atoms with van der Waals surface area (Å²) in [4.78, 5) is 38.2. The first-order chi connectivity index (χ1) is 16.0. The first-order valence-electron chi connectivity index (χ1n) is 10.5. The van der Waals surface area contributed by atoms with Crippen molar-refractivity contribution in [3.63, 3.8) is 0 Å². The predicted octanol–water partition coefficient (Wildman–Crippen LogP) is 2.67. The molecule has 1 N–H and O–H groups in total. The molecule has 11 heteroatoms. The predicted molar refractivity (Wildman–Crippen MR) is 118 cm³/mol. The van der Waals surface area contributed by atoms with Gasteiger partial charge in [-0.25, -0.2) is 19.2 Å². The Labute approximate surface area is 190 Å². The van der Waals surface area contributed by atoms with Crippen LogP contribution in [0.5, 0.6) is 0 Å². The Morgan fingerprint density at radius 3 is 2.64 bits per heavy atom. The lowest BCUT2D eigenvalue weighted by Crippen LogP contribution is -2.48. The molecule has 0 aliphatic carbocycles. The molecule has 0 spiro atoms. The van der Waals surface area contributed by atoms with Gasteiger partial charge in [0.05, 0.1) is 18.8 Å². The van der Waals surface area contributed by atoms with Crippen LogP contribution in [0.25, 0.3) is 11.1 Å². The lowest BCUT2D eigenvalue weighted by atomic mass is 10.1. The van der Waals surface area contributed by atoms with Gasteiger partial charge < -0.3 is 24.5 Å². The largest absolute Gasteiger partial charge is 0.462 e. The van der Waals surface area contributed by atoms with Crippen LogP contribution in [0.4, 0.5) is 15.1 Å². The van der Waals surface area contributed by atoms with Crippen LogP contribution in [0.2, 0.25) is 0 Å². The lowest BCUT2D eigenvalue weighted by molar-refractivity contribution is -0.145. The Kier molecular flexibility index (Phi) is 8.50. The van der Waals surface area contributed by atoms with Crippen LogP contribution in [0.3, 0.4) is 0 Å². The van der Waals surface area contributed by atoms with Crippen molar-refractivity contribution in [2.75, 3.05) is 38.3 Å². The maximum atomic E-state index is 14.8. The van der Waals surface area contributed by atoms with E-state index in [9.17, 15) is 14.0 Å². The number of rotatable bonds is 10. The first-order valence-corrected chi connectivity index (χ1v) is 10.5. The Morgan fingerprint density at radius 1 is 1.18 bits per heavy atom. The van der Waals surface area contributed by atoms with Gasteiger partial charge in [-0.1, -0.05) is 30.3 Å². The van der Waals surface area contributed by atoms with Crippen LogP contribution in [0.1, 0.15) is 25.3 Å². The normalized spacial score (nSPS) is 12.6. The number of aromatic nitrogens is 2.